The number of nitrogens with zero attached hydrogens (tertiary/aromatic N) is 5. The fourth-order valence-corrected chi connectivity index (χ4v) is 4.28. The molecule has 128 valence electrons. The van der Waals surface area contributed by atoms with Crippen LogP contribution in [0.1, 0.15) is 44.5 Å². The minimum absolute atomic E-state index is 0.222. The molecule has 0 aromatic carbocycles. The molecule has 6 nitrogen and oxygen atoms in total. The van der Waals surface area contributed by atoms with Crippen molar-refractivity contribution in [3.05, 3.63) is 5.82 Å². The number of carbonyl (C=O) groups excluding carboxylic acids is 1. The van der Waals surface area contributed by atoms with Gasteiger partial charge in [0.25, 0.3) is 0 Å². The maximum atomic E-state index is 12.7. The minimum Gasteiger partial charge on any atom is -0.341 e. The first-order valence-electron chi connectivity index (χ1n) is 8.55. The molecule has 3 heterocycles. The van der Waals surface area contributed by atoms with Gasteiger partial charge in [-0.25, -0.2) is 0 Å². The lowest BCUT2D eigenvalue weighted by molar-refractivity contribution is -0.134. The number of carbonyl (C=O) groups is 1. The van der Waals surface area contributed by atoms with Crippen LogP contribution in [-0.2, 0) is 11.8 Å². The Labute approximate surface area is 142 Å². The second kappa shape index (κ2) is 7.21. The van der Waals surface area contributed by atoms with Crippen molar-refractivity contribution in [1.82, 2.24) is 24.6 Å². The molecule has 0 bridgehead atoms. The first kappa shape index (κ1) is 16.8. The molecule has 0 spiro atoms. The van der Waals surface area contributed by atoms with Crippen molar-refractivity contribution in [2.75, 3.05) is 32.4 Å². The molecule has 2 saturated heterocycles. The Bertz CT molecular complexity index is 561. The fourth-order valence-electron chi connectivity index (χ4n) is 3.79. The number of aromatic nitrogens is 3. The van der Waals surface area contributed by atoms with E-state index in [1.165, 1.54) is 6.42 Å². The van der Waals surface area contributed by atoms with Crippen molar-refractivity contribution in [2.24, 2.45) is 13.0 Å². The van der Waals surface area contributed by atoms with Gasteiger partial charge < -0.3 is 9.47 Å². The van der Waals surface area contributed by atoms with E-state index in [0.29, 0.717) is 12.5 Å². The lowest BCUT2D eigenvalue weighted by Crippen LogP contribution is -2.44. The van der Waals surface area contributed by atoms with Crippen LogP contribution in [0.4, 0.5) is 0 Å². The second-order valence-electron chi connectivity index (χ2n) is 6.82. The zero-order valence-corrected chi connectivity index (χ0v) is 15.2. The van der Waals surface area contributed by atoms with E-state index in [2.05, 4.69) is 26.6 Å². The van der Waals surface area contributed by atoms with Gasteiger partial charge in [-0.15, -0.1) is 10.2 Å². The molecule has 1 aromatic rings. The quantitative estimate of drug-likeness (QED) is 0.786. The van der Waals surface area contributed by atoms with Crippen LogP contribution >= 0.6 is 11.8 Å². The molecular formula is C16H27N5OS. The lowest BCUT2D eigenvalue weighted by Gasteiger charge is -2.33. The van der Waals surface area contributed by atoms with E-state index in [4.69, 9.17) is 0 Å². The van der Waals surface area contributed by atoms with Crippen molar-refractivity contribution in [3.63, 3.8) is 0 Å². The first-order chi connectivity index (χ1) is 11.1. The van der Waals surface area contributed by atoms with Crippen molar-refractivity contribution in [1.29, 1.82) is 0 Å². The van der Waals surface area contributed by atoms with E-state index in [1.54, 1.807) is 11.8 Å². The highest BCUT2D eigenvalue weighted by Crippen LogP contribution is 2.31. The Morgan fingerprint density at radius 3 is 2.74 bits per heavy atom. The maximum Gasteiger partial charge on any atom is 0.236 e. The summed E-state index contributed by atoms with van der Waals surface area (Å²) >= 11 is 1.61. The van der Waals surface area contributed by atoms with E-state index in [0.717, 1.165) is 49.9 Å². The topological polar surface area (TPSA) is 54.3 Å². The van der Waals surface area contributed by atoms with E-state index < -0.39 is 0 Å². The monoisotopic (exact) mass is 337 g/mol. The largest absolute Gasteiger partial charge is 0.341 e. The smallest absolute Gasteiger partial charge is 0.236 e. The van der Waals surface area contributed by atoms with Crippen molar-refractivity contribution < 1.29 is 4.79 Å². The number of rotatable bonds is 4. The van der Waals surface area contributed by atoms with Gasteiger partial charge in [0.2, 0.25) is 5.91 Å². The third-order valence-electron chi connectivity index (χ3n) is 5.06. The third-order valence-corrected chi connectivity index (χ3v) is 5.78. The normalized spacial score (nSPS) is 26.0. The Morgan fingerprint density at radius 1 is 1.26 bits per heavy atom. The number of thioether (sulfide) groups is 1. The zero-order chi connectivity index (χ0) is 16.4. The summed E-state index contributed by atoms with van der Waals surface area (Å²) in [6, 6.07) is 0.222. The van der Waals surface area contributed by atoms with Gasteiger partial charge in [0.15, 0.2) is 11.0 Å². The van der Waals surface area contributed by atoms with Gasteiger partial charge in [0.05, 0.1) is 12.6 Å². The fraction of sp³-hybridized carbons (Fsp3) is 0.812. The van der Waals surface area contributed by atoms with E-state index in [9.17, 15) is 4.79 Å². The summed E-state index contributed by atoms with van der Waals surface area (Å²) < 4.78 is 2.07. The van der Waals surface area contributed by atoms with Crippen molar-refractivity contribution >= 4 is 17.7 Å². The number of hydrogen-bond donors (Lipinski definition) is 0. The second-order valence-corrected chi connectivity index (χ2v) is 7.59. The van der Waals surface area contributed by atoms with Crippen LogP contribution in [-0.4, -0.2) is 62.9 Å². The van der Waals surface area contributed by atoms with Crippen LogP contribution in [0.25, 0.3) is 0 Å². The molecule has 1 aromatic heterocycles. The van der Waals surface area contributed by atoms with Crippen LogP contribution in [0, 0.1) is 5.92 Å². The van der Waals surface area contributed by atoms with Gasteiger partial charge in [0.1, 0.15) is 0 Å². The Morgan fingerprint density at radius 2 is 2.04 bits per heavy atom. The van der Waals surface area contributed by atoms with Crippen molar-refractivity contribution in [2.45, 2.75) is 43.8 Å². The molecule has 2 fully saturated rings. The summed E-state index contributed by atoms with van der Waals surface area (Å²) in [6.45, 7) is 5.56. The summed E-state index contributed by atoms with van der Waals surface area (Å²) in [7, 11) is 2.02. The average molecular weight is 337 g/mol. The molecule has 2 atom stereocenters. The molecule has 0 radical (unpaired) electrons. The highest BCUT2D eigenvalue weighted by molar-refractivity contribution is 7.98. The Balaban J connectivity index is 1.67. The summed E-state index contributed by atoms with van der Waals surface area (Å²) in [5.74, 6) is 1.90. The van der Waals surface area contributed by atoms with Gasteiger partial charge in [-0.1, -0.05) is 18.7 Å². The van der Waals surface area contributed by atoms with Gasteiger partial charge in [-0.3, -0.25) is 9.69 Å². The van der Waals surface area contributed by atoms with E-state index in [1.807, 2.05) is 18.2 Å². The standard InChI is InChI=1S/C16H27N5OS/c1-12-6-4-9-21(10-12)14(22)11-20-8-5-7-13(20)15-17-18-16(23-3)19(15)2/h12-13H,4-11H2,1-3H3/t12-,13+/m1/s1. The van der Waals surface area contributed by atoms with Crippen LogP contribution in [0.5, 0.6) is 0 Å². The average Bonchev–Trinajstić information content (AvgIpc) is 3.13. The SMILES string of the molecule is CSc1nnc([C@@H]2CCCN2CC(=O)N2CCC[C@@H](C)C2)n1C. The highest BCUT2D eigenvalue weighted by Gasteiger charge is 2.33. The van der Waals surface area contributed by atoms with Crippen LogP contribution in [0.3, 0.4) is 0 Å². The molecule has 0 aliphatic carbocycles. The predicted octanol–water partition coefficient (Wildman–Crippen LogP) is 1.93. The molecule has 2 aliphatic rings. The first-order valence-corrected chi connectivity index (χ1v) is 9.77. The molecule has 2 aliphatic heterocycles. The third kappa shape index (κ3) is 3.55. The molecule has 23 heavy (non-hydrogen) atoms. The molecule has 0 unspecified atom stereocenters. The van der Waals surface area contributed by atoms with Crippen LogP contribution in [0.2, 0.25) is 0 Å². The zero-order valence-electron chi connectivity index (χ0n) is 14.4. The summed E-state index contributed by atoms with van der Waals surface area (Å²) in [5, 5.41) is 9.56. The van der Waals surface area contributed by atoms with Gasteiger partial charge in [0, 0.05) is 20.1 Å². The van der Waals surface area contributed by atoms with E-state index >= 15 is 0 Å². The lowest BCUT2D eigenvalue weighted by atomic mass is 10.0. The number of amides is 1. The van der Waals surface area contributed by atoms with Crippen LogP contribution in [0.15, 0.2) is 5.16 Å². The number of hydrogen-bond acceptors (Lipinski definition) is 5. The minimum atomic E-state index is 0.222. The van der Waals surface area contributed by atoms with Gasteiger partial charge in [-0.05, 0) is 44.4 Å². The Kier molecular flexibility index (Phi) is 5.26. The Hall–Kier alpha value is -1.08. The molecular weight excluding hydrogens is 310 g/mol. The molecule has 0 N–H and O–H groups in total. The molecule has 0 saturated carbocycles. The van der Waals surface area contributed by atoms with Gasteiger partial charge >= 0.3 is 0 Å². The molecule has 3 rings (SSSR count). The van der Waals surface area contributed by atoms with Crippen LogP contribution < -0.4 is 0 Å². The maximum absolute atomic E-state index is 12.7. The summed E-state index contributed by atoms with van der Waals surface area (Å²) in [5.41, 5.74) is 0. The van der Waals surface area contributed by atoms with Crippen molar-refractivity contribution in [3.8, 4) is 0 Å². The predicted molar refractivity (Wildman–Crippen MR) is 91.3 cm³/mol. The van der Waals surface area contributed by atoms with E-state index in [-0.39, 0.29) is 11.9 Å². The summed E-state index contributed by atoms with van der Waals surface area (Å²) in [6.07, 6.45) is 6.57. The molecule has 1 amide bonds. The number of likely N-dealkylation sites (tertiary alicyclic amines) is 2. The van der Waals surface area contributed by atoms with Gasteiger partial charge in [-0.2, -0.15) is 0 Å². The summed E-state index contributed by atoms with van der Waals surface area (Å²) in [4.78, 5) is 17.0. The molecule has 7 heteroatoms. The highest BCUT2D eigenvalue weighted by atomic mass is 32.2. The number of piperidine rings is 1.